The zero-order valence-corrected chi connectivity index (χ0v) is 13.4. The average molecular weight is 303 g/mol. The zero-order valence-electron chi connectivity index (χ0n) is 13.4. The maximum atomic E-state index is 9.66. The molecule has 0 radical (unpaired) electrons. The minimum atomic E-state index is 0.00136. The molecule has 3 nitrogen and oxygen atoms in total. The number of aryl methyl sites for hydroxylation is 2. The fraction of sp³-hybridized carbons (Fsp3) is 0.300. The molecule has 0 heterocycles. The van der Waals surface area contributed by atoms with Crippen molar-refractivity contribution in [2.45, 2.75) is 38.6 Å². The van der Waals surface area contributed by atoms with Gasteiger partial charge in [-0.2, -0.15) is 5.26 Å². The fourth-order valence-corrected chi connectivity index (χ4v) is 3.39. The van der Waals surface area contributed by atoms with Crippen LogP contribution in [0.15, 0.2) is 48.5 Å². The summed E-state index contributed by atoms with van der Waals surface area (Å²) in [5, 5.41) is 18.1. The van der Waals surface area contributed by atoms with Gasteiger partial charge in [-0.25, -0.2) is 0 Å². The molecule has 0 amide bonds. The predicted molar refractivity (Wildman–Crippen MR) is 92.2 cm³/mol. The zero-order chi connectivity index (χ0) is 16.2. The van der Waals surface area contributed by atoms with E-state index in [4.69, 9.17) is 5.41 Å². The Morgan fingerprint density at radius 3 is 2.74 bits per heavy atom. The number of nitrogens with zero attached hydrogens (tertiary/aromatic N) is 2. The van der Waals surface area contributed by atoms with E-state index in [-0.39, 0.29) is 6.04 Å². The van der Waals surface area contributed by atoms with Crippen LogP contribution in [-0.4, -0.2) is 10.7 Å². The number of hydrogen-bond acceptors (Lipinski definition) is 2. The SMILES string of the molecule is Cc1ccccc1CC(=N)N(C#N)[C@H]1CCCc2ccccc21. The van der Waals surface area contributed by atoms with E-state index in [0.717, 1.165) is 24.8 Å². The maximum Gasteiger partial charge on any atom is 0.185 e. The summed E-state index contributed by atoms with van der Waals surface area (Å²) in [4.78, 5) is 1.60. The topological polar surface area (TPSA) is 50.9 Å². The Bertz CT molecular complexity index is 757. The molecule has 3 rings (SSSR count). The number of nitriles is 1. The van der Waals surface area contributed by atoms with Gasteiger partial charge in [0.05, 0.1) is 6.04 Å². The van der Waals surface area contributed by atoms with Crippen LogP contribution in [0.3, 0.4) is 0 Å². The molecule has 116 valence electrons. The number of benzene rings is 2. The molecule has 1 N–H and O–H groups in total. The van der Waals surface area contributed by atoms with E-state index in [1.165, 1.54) is 16.7 Å². The Morgan fingerprint density at radius 2 is 1.96 bits per heavy atom. The molecule has 0 spiro atoms. The van der Waals surface area contributed by atoms with Crippen molar-refractivity contribution >= 4 is 5.84 Å². The number of fused-ring (bicyclic) bond motifs is 1. The minimum absolute atomic E-state index is 0.00136. The minimum Gasteiger partial charge on any atom is -0.287 e. The number of amidine groups is 1. The van der Waals surface area contributed by atoms with Crippen molar-refractivity contribution in [3.8, 4) is 6.19 Å². The van der Waals surface area contributed by atoms with E-state index in [9.17, 15) is 5.26 Å². The van der Waals surface area contributed by atoms with Gasteiger partial charge in [-0.05, 0) is 48.4 Å². The first-order valence-electron chi connectivity index (χ1n) is 8.09. The molecule has 0 unspecified atom stereocenters. The van der Waals surface area contributed by atoms with Gasteiger partial charge in [-0.3, -0.25) is 10.3 Å². The Labute approximate surface area is 137 Å². The third kappa shape index (κ3) is 3.12. The molecule has 2 aromatic rings. The fourth-order valence-electron chi connectivity index (χ4n) is 3.39. The highest BCUT2D eigenvalue weighted by Gasteiger charge is 2.27. The quantitative estimate of drug-likeness (QED) is 0.396. The Kier molecular flexibility index (Phi) is 4.43. The van der Waals surface area contributed by atoms with Crippen molar-refractivity contribution in [2.75, 3.05) is 0 Å². The first-order chi connectivity index (χ1) is 11.2. The first kappa shape index (κ1) is 15.3. The molecular weight excluding hydrogens is 282 g/mol. The summed E-state index contributed by atoms with van der Waals surface area (Å²) < 4.78 is 0. The molecule has 0 aliphatic heterocycles. The van der Waals surface area contributed by atoms with Crippen molar-refractivity contribution in [2.24, 2.45) is 0 Å². The van der Waals surface area contributed by atoms with Gasteiger partial charge < -0.3 is 0 Å². The normalized spacial score (nSPS) is 16.3. The van der Waals surface area contributed by atoms with Gasteiger partial charge in [0.25, 0.3) is 0 Å². The van der Waals surface area contributed by atoms with Crippen LogP contribution in [0.4, 0.5) is 0 Å². The highest BCUT2D eigenvalue weighted by molar-refractivity contribution is 5.83. The van der Waals surface area contributed by atoms with Gasteiger partial charge in [-0.1, -0.05) is 48.5 Å². The second-order valence-electron chi connectivity index (χ2n) is 6.13. The van der Waals surface area contributed by atoms with Crippen LogP contribution in [0.2, 0.25) is 0 Å². The van der Waals surface area contributed by atoms with Gasteiger partial charge in [0.1, 0.15) is 5.84 Å². The summed E-state index contributed by atoms with van der Waals surface area (Å²) in [7, 11) is 0. The van der Waals surface area contributed by atoms with Crippen molar-refractivity contribution in [3.63, 3.8) is 0 Å². The lowest BCUT2D eigenvalue weighted by atomic mass is 9.86. The molecule has 0 saturated carbocycles. The highest BCUT2D eigenvalue weighted by atomic mass is 15.2. The molecule has 23 heavy (non-hydrogen) atoms. The smallest absolute Gasteiger partial charge is 0.185 e. The van der Waals surface area contributed by atoms with Crippen LogP contribution in [-0.2, 0) is 12.8 Å². The molecule has 2 aromatic carbocycles. The standard InChI is InChI=1S/C20H21N3/c1-15-7-2-3-9-17(15)13-20(22)23(14-21)19-12-6-10-16-8-4-5-11-18(16)19/h2-5,7-9,11,19,22H,6,10,12-13H2,1H3/t19-/m0/s1. The van der Waals surface area contributed by atoms with Crippen LogP contribution in [0.1, 0.15) is 41.1 Å². The molecule has 1 atom stereocenters. The van der Waals surface area contributed by atoms with Crippen LogP contribution in [0, 0.1) is 23.8 Å². The molecule has 1 aliphatic carbocycles. The first-order valence-corrected chi connectivity index (χ1v) is 8.09. The van der Waals surface area contributed by atoms with E-state index in [1.807, 2.05) is 24.3 Å². The van der Waals surface area contributed by atoms with Gasteiger partial charge in [-0.15, -0.1) is 0 Å². The summed E-state index contributed by atoms with van der Waals surface area (Å²) in [6.07, 6.45) is 5.82. The Balaban J connectivity index is 1.85. The predicted octanol–water partition coefficient (Wildman–Crippen LogP) is 4.38. The van der Waals surface area contributed by atoms with Crippen molar-refractivity contribution in [3.05, 3.63) is 70.8 Å². The van der Waals surface area contributed by atoms with E-state index in [0.29, 0.717) is 12.3 Å². The molecule has 3 heteroatoms. The van der Waals surface area contributed by atoms with E-state index in [1.54, 1.807) is 4.90 Å². The molecule has 0 saturated heterocycles. The lowest BCUT2D eigenvalue weighted by molar-refractivity contribution is 0.367. The van der Waals surface area contributed by atoms with Gasteiger partial charge in [0, 0.05) is 6.42 Å². The molecule has 0 aromatic heterocycles. The second kappa shape index (κ2) is 6.66. The summed E-state index contributed by atoms with van der Waals surface area (Å²) >= 11 is 0. The van der Waals surface area contributed by atoms with Gasteiger partial charge in [0.2, 0.25) is 0 Å². The maximum absolute atomic E-state index is 9.66. The van der Waals surface area contributed by atoms with Crippen LogP contribution < -0.4 is 0 Å². The summed E-state index contributed by atoms with van der Waals surface area (Å²) in [5.74, 6) is 0.378. The Hall–Kier alpha value is -2.60. The van der Waals surface area contributed by atoms with Crippen molar-refractivity contribution in [1.82, 2.24) is 4.90 Å². The van der Waals surface area contributed by atoms with Crippen molar-refractivity contribution in [1.29, 1.82) is 10.7 Å². The van der Waals surface area contributed by atoms with Crippen LogP contribution in [0.5, 0.6) is 0 Å². The lowest BCUT2D eigenvalue weighted by Gasteiger charge is -2.32. The lowest BCUT2D eigenvalue weighted by Crippen LogP contribution is -2.33. The largest absolute Gasteiger partial charge is 0.287 e. The number of nitrogens with one attached hydrogen (secondary N) is 1. The van der Waals surface area contributed by atoms with E-state index >= 15 is 0 Å². The van der Waals surface area contributed by atoms with Gasteiger partial charge in [0.15, 0.2) is 6.19 Å². The van der Waals surface area contributed by atoms with Crippen LogP contribution in [0.25, 0.3) is 0 Å². The Morgan fingerprint density at radius 1 is 1.22 bits per heavy atom. The second-order valence-corrected chi connectivity index (χ2v) is 6.13. The third-order valence-electron chi connectivity index (χ3n) is 4.67. The van der Waals surface area contributed by atoms with Crippen molar-refractivity contribution < 1.29 is 0 Å². The van der Waals surface area contributed by atoms with E-state index < -0.39 is 0 Å². The molecular formula is C20H21N3. The number of rotatable bonds is 3. The monoisotopic (exact) mass is 303 g/mol. The average Bonchev–Trinajstić information content (AvgIpc) is 2.58. The molecule has 0 bridgehead atoms. The molecule has 0 fully saturated rings. The van der Waals surface area contributed by atoms with Crippen LogP contribution >= 0.6 is 0 Å². The highest BCUT2D eigenvalue weighted by Crippen LogP contribution is 2.34. The van der Waals surface area contributed by atoms with Gasteiger partial charge >= 0.3 is 0 Å². The summed E-state index contributed by atoms with van der Waals surface area (Å²) in [5.41, 5.74) is 4.79. The summed E-state index contributed by atoms with van der Waals surface area (Å²) in [6.45, 7) is 2.05. The number of hydrogen-bond donors (Lipinski definition) is 1. The van der Waals surface area contributed by atoms with E-state index in [2.05, 4.69) is 37.4 Å². The third-order valence-corrected chi connectivity index (χ3v) is 4.67. The summed E-state index contributed by atoms with van der Waals surface area (Å²) in [6, 6.07) is 16.4. The molecule has 1 aliphatic rings.